The molecule has 0 aromatic heterocycles. The molecule has 124 valence electrons. The van der Waals surface area contributed by atoms with Crippen LogP contribution in [0.3, 0.4) is 0 Å². The number of alkyl carbamates (subject to hydrolysis) is 1. The Morgan fingerprint density at radius 2 is 1.86 bits per heavy atom. The second kappa shape index (κ2) is 6.76. The van der Waals surface area contributed by atoms with Crippen molar-refractivity contribution in [1.29, 1.82) is 0 Å². The van der Waals surface area contributed by atoms with Crippen molar-refractivity contribution in [2.45, 2.75) is 58.8 Å². The van der Waals surface area contributed by atoms with Gasteiger partial charge in [0.1, 0.15) is 11.6 Å². The van der Waals surface area contributed by atoms with Gasteiger partial charge in [0.15, 0.2) is 6.10 Å². The molecule has 0 saturated carbocycles. The van der Waals surface area contributed by atoms with Gasteiger partial charge in [0.05, 0.1) is 6.42 Å². The second-order valence-electron chi connectivity index (χ2n) is 6.41. The van der Waals surface area contributed by atoms with E-state index in [-0.39, 0.29) is 12.3 Å². The molecule has 1 fully saturated rings. The minimum Gasteiger partial charge on any atom is -0.450 e. The quantitative estimate of drug-likeness (QED) is 0.577. The van der Waals surface area contributed by atoms with E-state index in [1.54, 1.807) is 34.6 Å². The van der Waals surface area contributed by atoms with Crippen molar-refractivity contribution < 1.29 is 28.7 Å². The zero-order valence-corrected chi connectivity index (χ0v) is 13.4. The number of amides is 3. The molecule has 1 aliphatic heterocycles. The average molecular weight is 314 g/mol. The van der Waals surface area contributed by atoms with Crippen LogP contribution in [0.5, 0.6) is 0 Å². The zero-order valence-electron chi connectivity index (χ0n) is 13.4. The van der Waals surface area contributed by atoms with E-state index in [9.17, 15) is 19.2 Å². The molecule has 8 nitrogen and oxygen atoms in total. The fraction of sp³-hybridized carbons (Fsp3) is 0.714. The number of ether oxygens (including phenoxy) is 2. The zero-order chi connectivity index (χ0) is 17.1. The number of esters is 1. The summed E-state index contributed by atoms with van der Waals surface area (Å²) in [6.07, 6.45) is -2.11. The fourth-order valence-corrected chi connectivity index (χ4v) is 1.77. The van der Waals surface area contributed by atoms with Crippen molar-refractivity contribution in [2.75, 3.05) is 0 Å². The lowest BCUT2D eigenvalue weighted by Gasteiger charge is -2.25. The van der Waals surface area contributed by atoms with Crippen LogP contribution in [-0.2, 0) is 23.9 Å². The summed E-state index contributed by atoms with van der Waals surface area (Å²) < 4.78 is 10.1. The first-order chi connectivity index (χ1) is 9.99. The summed E-state index contributed by atoms with van der Waals surface area (Å²) in [5.74, 6) is -2.21. The van der Waals surface area contributed by atoms with Gasteiger partial charge in [-0.1, -0.05) is 13.8 Å². The number of nitrogens with one attached hydrogen (secondary N) is 2. The molecule has 8 heteroatoms. The monoisotopic (exact) mass is 314 g/mol. The number of carbonyl (C=O) groups is 4. The number of imide groups is 1. The van der Waals surface area contributed by atoms with E-state index in [0.717, 1.165) is 0 Å². The SMILES string of the molecule is CC(C)[C@@H](NC(=O)OC(C)(C)C)C(=O)O[C@H]1CC(=O)NC1=O. The minimum absolute atomic E-state index is 0.207. The van der Waals surface area contributed by atoms with Crippen molar-refractivity contribution in [3.8, 4) is 0 Å². The van der Waals surface area contributed by atoms with Crippen molar-refractivity contribution >= 4 is 23.9 Å². The number of rotatable bonds is 4. The van der Waals surface area contributed by atoms with Crippen LogP contribution in [0.4, 0.5) is 4.79 Å². The van der Waals surface area contributed by atoms with E-state index in [0.29, 0.717) is 0 Å². The van der Waals surface area contributed by atoms with Crippen LogP contribution in [0, 0.1) is 5.92 Å². The summed E-state index contributed by atoms with van der Waals surface area (Å²) in [6, 6.07) is -0.974. The molecule has 0 unspecified atom stereocenters. The summed E-state index contributed by atoms with van der Waals surface area (Å²) in [5, 5.41) is 4.47. The second-order valence-corrected chi connectivity index (χ2v) is 6.41. The molecule has 0 radical (unpaired) electrons. The van der Waals surface area contributed by atoms with Crippen LogP contribution in [0.25, 0.3) is 0 Å². The largest absolute Gasteiger partial charge is 0.450 e. The maximum Gasteiger partial charge on any atom is 0.408 e. The molecule has 3 amide bonds. The van der Waals surface area contributed by atoms with Crippen LogP contribution >= 0.6 is 0 Å². The Hall–Kier alpha value is -2.12. The maximum absolute atomic E-state index is 12.1. The smallest absolute Gasteiger partial charge is 0.408 e. The summed E-state index contributed by atoms with van der Waals surface area (Å²) in [6.45, 7) is 8.52. The molecular weight excluding hydrogens is 292 g/mol. The normalized spacial score (nSPS) is 19.6. The van der Waals surface area contributed by atoms with E-state index in [4.69, 9.17) is 9.47 Å². The highest BCUT2D eigenvalue weighted by Gasteiger charge is 2.37. The van der Waals surface area contributed by atoms with E-state index in [1.807, 2.05) is 5.32 Å². The van der Waals surface area contributed by atoms with Gasteiger partial charge in [0.25, 0.3) is 5.91 Å². The number of hydrogen-bond donors (Lipinski definition) is 2. The van der Waals surface area contributed by atoms with Gasteiger partial charge in [-0.2, -0.15) is 0 Å². The highest BCUT2D eigenvalue weighted by molar-refractivity contribution is 6.05. The topological polar surface area (TPSA) is 111 Å². The van der Waals surface area contributed by atoms with Gasteiger partial charge in [-0.05, 0) is 26.7 Å². The van der Waals surface area contributed by atoms with E-state index >= 15 is 0 Å². The van der Waals surface area contributed by atoms with Gasteiger partial charge >= 0.3 is 12.1 Å². The minimum atomic E-state index is -1.15. The van der Waals surface area contributed by atoms with Gasteiger partial charge in [-0.25, -0.2) is 9.59 Å². The van der Waals surface area contributed by atoms with Crippen LogP contribution in [0.15, 0.2) is 0 Å². The van der Waals surface area contributed by atoms with Crippen molar-refractivity contribution in [3.63, 3.8) is 0 Å². The first-order valence-electron chi connectivity index (χ1n) is 7.03. The standard InChI is InChI=1S/C14H22N2O6/c1-7(2)10(16-13(20)22-14(3,4)5)12(19)21-8-6-9(17)15-11(8)18/h7-8,10H,6H2,1-5H3,(H,16,20)(H,15,17,18)/t8-,10+/m0/s1. The molecule has 22 heavy (non-hydrogen) atoms. The lowest BCUT2D eigenvalue weighted by molar-refractivity contribution is -0.157. The van der Waals surface area contributed by atoms with Gasteiger partial charge in [0.2, 0.25) is 5.91 Å². The Balaban J connectivity index is 2.66. The molecule has 1 heterocycles. The van der Waals surface area contributed by atoms with Gasteiger partial charge in [0, 0.05) is 0 Å². The Morgan fingerprint density at radius 3 is 2.27 bits per heavy atom. The molecule has 1 saturated heterocycles. The van der Waals surface area contributed by atoms with E-state index in [1.165, 1.54) is 0 Å². The molecular formula is C14H22N2O6. The third kappa shape index (κ3) is 5.34. The van der Waals surface area contributed by atoms with E-state index in [2.05, 4.69) is 5.32 Å². The molecule has 2 N–H and O–H groups in total. The highest BCUT2D eigenvalue weighted by atomic mass is 16.6. The third-order valence-corrected chi connectivity index (χ3v) is 2.78. The average Bonchev–Trinajstić information content (AvgIpc) is 2.62. The summed E-state index contributed by atoms with van der Waals surface area (Å²) in [4.78, 5) is 46.3. The Labute approximate surface area is 128 Å². The molecule has 0 aromatic rings. The van der Waals surface area contributed by atoms with Crippen LogP contribution < -0.4 is 10.6 Å². The summed E-state index contributed by atoms with van der Waals surface area (Å²) >= 11 is 0. The lowest BCUT2D eigenvalue weighted by Crippen LogP contribution is -2.48. The Bertz CT molecular complexity index is 480. The van der Waals surface area contributed by atoms with Crippen LogP contribution in [-0.4, -0.2) is 41.6 Å². The van der Waals surface area contributed by atoms with Gasteiger partial charge in [-0.15, -0.1) is 0 Å². The van der Waals surface area contributed by atoms with Gasteiger partial charge < -0.3 is 14.8 Å². The third-order valence-electron chi connectivity index (χ3n) is 2.78. The molecule has 1 rings (SSSR count). The predicted octanol–water partition coefficient (Wildman–Crippen LogP) is 0.494. The van der Waals surface area contributed by atoms with Crippen molar-refractivity contribution in [2.24, 2.45) is 5.92 Å². The lowest BCUT2D eigenvalue weighted by atomic mass is 10.0. The molecule has 2 atom stereocenters. The van der Waals surface area contributed by atoms with Crippen LogP contribution in [0.2, 0.25) is 0 Å². The first-order valence-corrected chi connectivity index (χ1v) is 7.03. The van der Waals surface area contributed by atoms with Crippen molar-refractivity contribution in [3.05, 3.63) is 0 Å². The molecule has 0 aromatic carbocycles. The predicted molar refractivity (Wildman–Crippen MR) is 75.6 cm³/mol. The molecule has 0 aliphatic carbocycles. The summed E-state index contributed by atoms with van der Waals surface area (Å²) in [5.41, 5.74) is -0.701. The van der Waals surface area contributed by atoms with Gasteiger partial charge in [-0.3, -0.25) is 14.9 Å². The molecule has 1 aliphatic rings. The number of carbonyl (C=O) groups excluding carboxylic acids is 4. The van der Waals surface area contributed by atoms with E-state index < -0.39 is 41.6 Å². The number of hydrogen-bond acceptors (Lipinski definition) is 6. The fourth-order valence-electron chi connectivity index (χ4n) is 1.77. The molecule has 0 bridgehead atoms. The first kappa shape index (κ1) is 17.9. The summed E-state index contributed by atoms with van der Waals surface area (Å²) in [7, 11) is 0. The maximum atomic E-state index is 12.1. The Morgan fingerprint density at radius 1 is 1.27 bits per heavy atom. The van der Waals surface area contributed by atoms with Crippen molar-refractivity contribution in [1.82, 2.24) is 10.6 Å². The Kier molecular flexibility index (Phi) is 5.51. The molecule has 0 spiro atoms. The highest BCUT2D eigenvalue weighted by Crippen LogP contribution is 2.13. The van der Waals surface area contributed by atoms with Crippen LogP contribution in [0.1, 0.15) is 41.0 Å².